The predicted molar refractivity (Wildman–Crippen MR) is 131 cm³/mol. The molecule has 178 valence electrons. The van der Waals surface area contributed by atoms with Gasteiger partial charge in [-0.1, -0.05) is 29.8 Å². The van der Waals surface area contributed by atoms with Crippen LogP contribution in [-0.4, -0.2) is 59.5 Å². The van der Waals surface area contributed by atoms with Gasteiger partial charge in [-0.15, -0.1) is 0 Å². The molecule has 0 radical (unpaired) electrons. The first-order valence-corrected chi connectivity index (χ1v) is 12.1. The van der Waals surface area contributed by atoms with Crippen molar-refractivity contribution in [3.63, 3.8) is 0 Å². The van der Waals surface area contributed by atoms with Crippen molar-refractivity contribution in [3.8, 4) is 11.3 Å². The topological polar surface area (TPSA) is 35.5 Å². The molecule has 0 bridgehead atoms. The Morgan fingerprint density at radius 1 is 0.971 bits per heavy atom. The van der Waals surface area contributed by atoms with Crippen molar-refractivity contribution in [2.45, 2.75) is 25.9 Å². The van der Waals surface area contributed by atoms with Gasteiger partial charge in [0.2, 0.25) is 0 Å². The summed E-state index contributed by atoms with van der Waals surface area (Å²) in [6.45, 7) is 6.03. The van der Waals surface area contributed by atoms with Crippen LogP contribution in [0.3, 0.4) is 0 Å². The van der Waals surface area contributed by atoms with Gasteiger partial charge in [-0.05, 0) is 43.7 Å². The zero-order valence-electron chi connectivity index (χ0n) is 19.3. The molecule has 0 aliphatic carbocycles. The van der Waals surface area contributed by atoms with Crippen molar-refractivity contribution < 1.29 is 8.78 Å². The van der Waals surface area contributed by atoms with Crippen LogP contribution in [0.5, 0.6) is 0 Å². The van der Waals surface area contributed by atoms with E-state index in [1.807, 2.05) is 17.2 Å². The van der Waals surface area contributed by atoms with Crippen LogP contribution in [0.25, 0.3) is 11.3 Å². The number of aromatic nitrogens is 2. The highest BCUT2D eigenvalue weighted by molar-refractivity contribution is 6.31. The zero-order chi connectivity index (χ0) is 23.7. The van der Waals surface area contributed by atoms with Crippen LogP contribution in [0.1, 0.15) is 23.2 Å². The molecule has 34 heavy (non-hydrogen) atoms. The Morgan fingerprint density at radius 2 is 1.76 bits per heavy atom. The first-order valence-electron chi connectivity index (χ1n) is 11.7. The highest BCUT2D eigenvalue weighted by Crippen LogP contribution is 2.31. The minimum atomic E-state index is -0.618. The molecule has 0 amide bonds. The van der Waals surface area contributed by atoms with Crippen LogP contribution in [-0.2, 0) is 19.5 Å². The average molecular weight is 484 g/mol. The summed E-state index contributed by atoms with van der Waals surface area (Å²) in [5.74, 6) is -0.417. The Kier molecular flexibility index (Phi) is 6.77. The molecule has 2 aliphatic rings. The third-order valence-corrected chi connectivity index (χ3v) is 7.09. The maximum Gasteiger partial charge on any atom is 0.151 e. The number of benzene rings is 2. The lowest BCUT2D eigenvalue weighted by Crippen LogP contribution is -2.43. The maximum atomic E-state index is 14.4. The minimum Gasteiger partial charge on any atom is -0.351 e. The van der Waals surface area contributed by atoms with E-state index in [1.54, 1.807) is 0 Å². The molecular weight excluding hydrogens is 456 g/mol. The van der Waals surface area contributed by atoms with E-state index in [2.05, 4.69) is 40.0 Å². The highest BCUT2D eigenvalue weighted by atomic mass is 35.5. The van der Waals surface area contributed by atoms with Gasteiger partial charge in [-0.3, -0.25) is 9.88 Å². The number of hydrogen-bond acceptors (Lipinski definition) is 5. The van der Waals surface area contributed by atoms with Crippen LogP contribution in [0.4, 0.5) is 14.6 Å². The van der Waals surface area contributed by atoms with Crippen molar-refractivity contribution in [2.75, 3.05) is 44.7 Å². The fraction of sp³-hybridized carbons (Fsp3) is 0.385. The van der Waals surface area contributed by atoms with Gasteiger partial charge in [0.05, 0.1) is 22.6 Å². The van der Waals surface area contributed by atoms with Crippen LogP contribution < -0.4 is 4.90 Å². The summed E-state index contributed by atoms with van der Waals surface area (Å²) in [7, 11) is 2.16. The van der Waals surface area contributed by atoms with Crippen LogP contribution in [0.2, 0.25) is 5.02 Å². The van der Waals surface area contributed by atoms with Crippen LogP contribution in [0, 0.1) is 11.6 Å². The molecule has 1 saturated heterocycles. The third kappa shape index (κ3) is 4.92. The summed E-state index contributed by atoms with van der Waals surface area (Å²) in [5.41, 5.74) is 4.04. The van der Waals surface area contributed by atoms with Crippen LogP contribution >= 0.6 is 11.6 Å². The van der Waals surface area contributed by atoms with E-state index in [4.69, 9.17) is 16.6 Å². The minimum absolute atomic E-state index is 0.149. The third-order valence-electron chi connectivity index (χ3n) is 6.68. The summed E-state index contributed by atoms with van der Waals surface area (Å²) in [4.78, 5) is 16.4. The second-order valence-corrected chi connectivity index (χ2v) is 9.53. The van der Waals surface area contributed by atoms with Gasteiger partial charge in [0.25, 0.3) is 0 Å². The molecule has 2 aromatic carbocycles. The number of hydrogen-bond donors (Lipinski definition) is 0. The number of halogens is 3. The van der Waals surface area contributed by atoms with E-state index in [0.717, 1.165) is 74.6 Å². The summed E-state index contributed by atoms with van der Waals surface area (Å²) in [6.07, 6.45) is 3.49. The largest absolute Gasteiger partial charge is 0.351 e. The Hall–Kier alpha value is -2.61. The SMILES string of the molecule is CN1CCN(Cc2cccc(-c3cnc4c(n3)N(Cc3c(F)ccc(F)c3Cl)CCC4)c2)CC1. The Morgan fingerprint density at radius 3 is 2.59 bits per heavy atom. The summed E-state index contributed by atoms with van der Waals surface area (Å²) in [5, 5.41) is -0.173. The fourth-order valence-corrected chi connectivity index (χ4v) is 4.88. The van der Waals surface area contributed by atoms with Crippen molar-refractivity contribution >= 4 is 17.4 Å². The van der Waals surface area contributed by atoms with E-state index < -0.39 is 11.6 Å². The summed E-state index contributed by atoms with van der Waals surface area (Å²) >= 11 is 6.09. The van der Waals surface area contributed by atoms with Gasteiger partial charge in [-0.2, -0.15) is 0 Å². The Bertz CT molecular complexity index is 1180. The number of likely N-dealkylation sites (N-methyl/N-ethyl adjacent to an activating group) is 1. The quantitative estimate of drug-likeness (QED) is 0.488. The lowest BCUT2D eigenvalue weighted by Gasteiger charge is -2.32. The lowest BCUT2D eigenvalue weighted by atomic mass is 10.1. The second-order valence-electron chi connectivity index (χ2n) is 9.15. The van der Waals surface area contributed by atoms with Gasteiger partial charge in [-0.25, -0.2) is 13.8 Å². The van der Waals surface area contributed by atoms with Gasteiger partial charge >= 0.3 is 0 Å². The molecule has 5 nitrogen and oxygen atoms in total. The smallest absolute Gasteiger partial charge is 0.151 e. The number of piperazine rings is 1. The molecule has 0 unspecified atom stereocenters. The normalized spacial score (nSPS) is 17.1. The molecule has 5 rings (SSSR count). The maximum absolute atomic E-state index is 14.4. The molecule has 0 saturated carbocycles. The molecule has 2 aliphatic heterocycles. The van der Waals surface area contributed by atoms with E-state index in [-0.39, 0.29) is 17.1 Å². The molecule has 0 N–H and O–H groups in total. The zero-order valence-corrected chi connectivity index (χ0v) is 20.0. The van der Waals surface area contributed by atoms with E-state index in [9.17, 15) is 8.78 Å². The number of rotatable bonds is 5. The molecule has 0 spiro atoms. The van der Waals surface area contributed by atoms with Gasteiger partial charge in [0.1, 0.15) is 11.6 Å². The van der Waals surface area contributed by atoms with E-state index in [0.29, 0.717) is 12.4 Å². The highest BCUT2D eigenvalue weighted by Gasteiger charge is 2.24. The van der Waals surface area contributed by atoms with E-state index in [1.165, 1.54) is 5.56 Å². The molecule has 1 aromatic heterocycles. The number of fused-ring (bicyclic) bond motifs is 1. The summed E-state index contributed by atoms with van der Waals surface area (Å²) in [6, 6.07) is 10.6. The molecule has 8 heteroatoms. The van der Waals surface area contributed by atoms with Gasteiger partial charge in [0, 0.05) is 56.9 Å². The summed E-state index contributed by atoms with van der Waals surface area (Å²) < 4.78 is 28.4. The molecular formula is C26H28ClF2N5. The van der Waals surface area contributed by atoms with Crippen molar-refractivity contribution in [3.05, 3.63) is 76.1 Å². The molecule has 3 heterocycles. The Labute approximate surface area is 204 Å². The standard InChI is InChI=1S/C26H28ClF2N5/c1-32-10-12-33(13-11-32)16-18-4-2-5-19(14-18)24-15-30-23-6-3-9-34(26(23)31-24)17-20-21(28)7-8-22(29)25(20)27/h2,4-5,7-8,14-15H,3,6,9-13,16-17H2,1H3. The van der Waals surface area contributed by atoms with Crippen molar-refractivity contribution in [1.82, 2.24) is 19.8 Å². The van der Waals surface area contributed by atoms with Crippen molar-refractivity contribution in [2.24, 2.45) is 0 Å². The second kappa shape index (κ2) is 9.94. The average Bonchev–Trinajstić information content (AvgIpc) is 2.85. The number of nitrogens with zero attached hydrogens (tertiary/aromatic N) is 5. The monoisotopic (exact) mass is 483 g/mol. The number of aryl methyl sites for hydroxylation is 1. The first-order chi connectivity index (χ1) is 16.5. The predicted octanol–water partition coefficient (Wildman–Crippen LogP) is 4.78. The van der Waals surface area contributed by atoms with Gasteiger partial charge in [0.15, 0.2) is 5.82 Å². The van der Waals surface area contributed by atoms with Gasteiger partial charge < -0.3 is 9.80 Å². The number of anilines is 1. The lowest BCUT2D eigenvalue weighted by molar-refractivity contribution is 0.148. The molecule has 1 fully saturated rings. The first kappa shape index (κ1) is 23.1. The van der Waals surface area contributed by atoms with Crippen molar-refractivity contribution in [1.29, 1.82) is 0 Å². The molecule has 3 aromatic rings. The van der Waals surface area contributed by atoms with E-state index >= 15 is 0 Å². The Balaban J connectivity index is 1.40. The fourth-order valence-electron chi connectivity index (χ4n) is 4.67. The van der Waals surface area contributed by atoms with Crippen LogP contribution in [0.15, 0.2) is 42.6 Å². The molecule has 0 atom stereocenters.